The van der Waals surface area contributed by atoms with Gasteiger partial charge in [0.1, 0.15) is 11.5 Å². The van der Waals surface area contributed by atoms with Gasteiger partial charge in [0.05, 0.1) is 64.4 Å². The van der Waals surface area contributed by atoms with Crippen molar-refractivity contribution in [1.29, 1.82) is 0 Å². The van der Waals surface area contributed by atoms with Crippen LogP contribution in [0.15, 0.2) is 34.3 Å². The Labute approximate surface area is 453 Å². The van der Waals surface area contributed by atoms with Crippen LogP contribution in [-0.4, -0.2) is 92.6 Å². The molecule has 0 N–H and O–H groups in total. The average molecular weight is 1010 g/mol. The highest BCUT2D eigenvalue weighted by atomic mass is 16.7. The molecule has 0 amide bonds. The normalized spacial score (nSPS) is 16.5. The van der Waals surface area contributed by atoms with Crippen LogP contribution in [0.2, 0.25) is 0 Å². The molecule has 2 aromatic carbocycles. The topological polar surface area (TPSA) is 43.2 Å². The minimum atomic E-state index is 0.153. The molecule has 0 spiro atoms. The standard InChI is InChI=1S/C67H118N4O2/c1-13-21-33-56(34-22-14-2)58-47-60-51-68-64-37-29-30-38-65(64)69-52-61-48-59(50-63(55(11)12)67(61)73-53-72-66(60)62(49-58)54(9)10)57(35-31-45-70(39-23-15-3,40-24-16-4)41-25-17-5)36-32-46-71(42-26-18-6,43-27-19-7)44-28-20-8/h47-52,54-57,64-65H,13-46,53H2,1-12H3/q+2. The highest BCUT2D eigenvalue weighted by Crippen LogP contribution is 2.40. The van der Waals surface area contributed by atoms with Gasteiger partial charge >= 0.3 is 0 Å². The second-order valence-corrected chi connectivity index (χ2v) is 24.3. The number of unbranched alkanes of at least 4 members (excludes halogenated alkanes) is 8. The Bertz CT molecular complexity index is 1760. The molecular formula is C67H118N4O2+2. The van der Waals surface area contributed by atoms with Crippen molar-refractivity contribution in [2.75, 3.05) is 59.2 Å². The lowest BCUT2D eigenvalue weighted by Gasteiger charge is -2.40. The number of aliphatic imine (C=N–C) groups is 2. The summed E-state index contributed by atoms with van der Waals surface area (Å²) in [5, 5.41) is 0. The number of fused-ring (bicyclic) bond motifs is 3. The van der Waals surface area contributed by atoms with Gasteiger partial charge in [-0.15, -0.1) is 0 Å². The van der Waals surface area contributed by atoms with E-state index in [0.717, 1.165) is 35.5 Å². The van der Waals surface area contributed by atoms with Gasteiger partial charge in [0, 0.05) is 23.6 Å². The summed E-state index contributed by atoms with van der Waals surface area (Å²) in [5.41, 5.74) is 7.78. The quantitative estimate of drug-likeness (QED) is 0.0639. The van der Waals surface area contributed by atoms with Gasteiger partial charge in [-0.05, 0) is 148 Å². The fraction of sp³-hybridized carbons (Fsp3) is 0.791. The van der Waals surface area contributed by atoms with Crippen LogP contribution in [-0.2, 0) is 0 Å². The van der Waals surface area contributed by atoms with Gasteiger partial charge in [-0.2, -0.15) is 0 Å². The molecule has 4 rings (SSSR count). The van der Waals surface area contributed by atoms with Gasteiger partial charge in [0.25, 0.3) is 0 Å². The molecule has 416 valence electrons. The van der Waals surface area contributed by atoms with Crippen LogP contribution in [0.4, 0.5) is 0 Å². The monoisotopic (exact) mass is 1010 g/mol. The van der Waals surface area contributed by atoms with Gasteiger partial charge in [-0.1, -0.05) is 172 Å². The minimum Gasteiger partial charge on any atom is -0.457 e. The van der Waals surface area contributed by atoms with Gasteiger partial charge in [-0.25, -0.2) is 0 Å². The Morgan fingerprint density at radius 2 is 0.726 bits per heavy atom. The molecule has 1 heterocycles. The van der Waals surface area contributed by atoms with Crippen molar-refractivity contribution in [3.63, 3.8) is 0 Å². The lowest BCUT2D eigenvalue weighted by atomic mass is 9.85. The van der Waals surface area contributed by atoms with Crippen LogP contribution >= 0.6 is 0 Å². The van der Waals surface area contributed by atoms with E-state index in [9.17, 15) is 0 Å². The van der Waals surface area contributed by atoms with Crippen molar-refractivity contribution in [3.05, 3.63) is 57.6 Å². The zero-order valence-corrected chi connectivity index (χ0v) is 50.3. The van der Waals surface area contributed by atoms with Gasteiger partial charge in [0.15, 0.2) is 0 Å². The van der Waals surface area contributed by atoms with Crippen LogP contribution in [0.1, 0.15) is 307 Å². The second kappa shape index (κ2) is 34.9. The molecule has 0 radical (unpaired) electrons. The van der Waals surface area contributed by atoms with E-state index in [0.29, 0.717) is 17.8 Å². The van der Waals surface area contributed by atoms with Crippen molar-refractivity contribution in [3.8, 4) is 11.5 Å². The zero-order chi connectivity index (χ0) is 52.9. The van der Waals surface area contributed by atoms with Crippen LogP contribution in [0.25, 0.3) is 0 Å². The highest BCUT2D eigenvalue weighted by molar-refractivity contribution is 5.86. The fourth-order valence-electron chi connectivity index (χ4n) is 12.7. The van der Waals surface area contributed by atoms with E-state index in [-0.39, 0.29) is 24.8 Å². The summed E-state index contributed by atoms with van der Waals surface area (Å²) in [5.74, 6) is 3.55. The predicted molar refractivity (Wildman–Crippen MR) is 320 cm³/mol. The first kappa shape index (κ1) is 62.8. The number of hydrogen-bond donors (Lipinski definition) is 0. The van der Waals surface area contributed by atoms with Gasteiger partial charge in [-0.3, -0.25) is 9.98 Å². The molecule has 1 aliphatic carbocycles. The van der Waals surface area contributed by atoms with E-state index < -0.39 is 0 Å². The molecule has 1 aliphatic heterocycles. The number of quaternary nitrogens is 2. The highest BCUT2D eigenvalue weighted by Gasteiger charge is 2.31. The number of rotatable bonds is 36. The molecule has 0 saturated heterocycles. The first-order valence-electron chi connectivity index (χ1n) is 31.8. The maximum atomic E-state index is 7.05. The van der Waals surface area contributed by atoms with Crippen molar-refractivity contribution in [2.24, 2.45) is 9.98 Å². The van der Waals surface area contributed by atoms with E-state index in [2.05, 4.69) is 120 Å². The van der Waals surface area contributed by atoms with E-state index in [1.807, 2.05) is 0 Å². The van der Waals surface area contributed by atoms with Gasteiger partial charge in [0.2, 0.25) is 6.79 Å². The van der Waals surface area contributed by atoms with Crippen molar-refractivity contribution in [2.45, 2.75) is 286 Å². The van der Waals surface area contributed by atoms with Gasteiger partial charge < -0.3 is 18.4 Å². The Morgan fingerprint density at radius 1 is 0.425 bits per heavy atom. The summed E-state index contributed by atoms with van der Waals surface area (Å²) >= 11 is 0. The molecule has 73 heavy (non-hydrogen) atoms. The zero-order valence-electron chi connectivity index (χ0n) is 50.3. The summed E-state index contributed by atoms with van der Waals surface area (Å²) in [6.45, 7) is 39.2. The lowest BCUT2D eigenvalue weighted by molar-refractivity contribution is -0.929. The first-order valence-corrected chi connectivity index (χ1v) is 31.8. The third kappa shape index (κ3) is 20.3. The molecule has 0 bridgehead atoms. The number of nitrogens with zero attached hydrogens (tertiary/aromatic N) is 4. The van der Waals surface area contributed by atoms with Crippen LogP contribution < -0.4 is 9.47 Å². The summed E-state index contributed by atoms with van der Waals surface area (Å²) < 4.78 is 16.7. The number of benzene rings is 2. The van der Waals surface area contributed by atoms with Crippen LogP contribution in [0.5, 0.6) is 11.5 Å². The Morgan fingerprint density at radius 3 is 1.03 bits per heavy atom. The minimum absolute atomic E-state index is 0.153. The third-order valence-electron chi connectivity index (χ3n) is 17.5. The molecule has 1 saturated carbocycles. The fourth-order valence-corrected chi connectivity index (χ4v) is 12.7. The Hall–Kier alpha value is -2.70. The van der Waals surface area contributed by atoms with Crippen LogP contribution in [0, 0.1) is 0 Å². The largest absolute Gasteiger partial charge is 0.457 e. The summed E-state index contributed by atoms with van der Waals surface area (Å²) in [4.78, 5) is 11.0. The molecule has 6 nitrogen and oxygen atoms in total. The predicted octanol–water partition coefficient (Wildman–Crippen LogP) is 19.1. The summed E-state index contributed by atoms with van der Waals surface area (Å²) in [7, 11) is 0. The molecule has 2 atom stereocenters. The molecule has 2 aliphatic rings. The lowest BCUT2D eigenvalue weighted by Crippen LogP contribution is -2.51. The molecule has 6 heteroatoms. The smallest absolute Gasteiger partial charge is 0.230 e. The van der Waals surface area contributed by atoms with E-state index >= 15 is 0 Å². The van der Waals surface area contributed by atoms with Crippen molar-refractivity contribution >= 4 is 12.4 Å². The van der Waals surface area contributed by atoms with Crippen LogP contribution in [0.3, 0.4) is 0 Å². The Balaban J connectivity index is 1.85. The molecule has 2 unspecified atom stereocenters. The van der Waals surface area contributed by atoms with E-state index in [1.165, 1.54) is 238 Å². The van der Waals surface area contributed by atoms with Crippen molar-refractivity contribution in [1.82, 2.24) is 0 Å². The average Bonchev–Trinajstić information content (AvgIpc) is 3.41. The summed E-state index contributed by atoms with van der Waals surface area (Å²) in [6.07, 6.45) is 37.2. The SMILES string of the molecule is CCCCC(CCCC)c1cc2c(c(C(C)C)c1)OCOc1c(cc(C(CCC[N+](CCCC)(CCCC)CCCC)CCC[N+](CCCC)(CCCC)CCCC)cc1C(C)C)C=NC1CCCCC1N=C2. The maximum absolute atomic E-state index is 7.05. The number of hydrogen-bond acceptors (Lipinski definition) is 4. The second-order valence-electron chi connectivity index (χ2n) is 24.3. The molecule has 0 aromatic heterocycles. The third-order valence-corrected chi connectivity index (χ3v) is 17.5. The van der Waals surface area contributed by atoms with E-state index in [1.54, 1.807) is 0 Å². The summed E-state index contributed by atoms with van der Waals surface area (Å²) in [6, 6.07) is 10.3. The molecule has 2 aromatic rings. The van der Waals surface area contributed by atoms with E-state index in [4.69, 9.17) is 19.5 Å². The van der Waals surface area contributed by atoms with Crippen molar-refractivity contribution < 1.29 is 18.4 Å². The maximum Gasteiger partial charge on any atom is 0.230 e. The first-order chi connectivity index (χ1) is 35.5. The Kier molecular flexibility index (Phi) is 30.0. The molecule has 1 fully saturated rings. The molecular weight excluding hydrogens is 893 g/mol. The number of ether oxygens (including phenoxy) is 2.